The van der Waals surface area contributed by atoms with Gasteiger partial charge in [0.05, 0.1) is 18.3 Å². The first-order valence-corrected chi connectivity index (χ1v) is 4.08. The Morgan fingerprint density at radius 3 is 2.31 bits per heavy atom. The smallest absolute Gasteiger partial charge is 0.0946 e. The van der Waals surface area contributed by atoms with Crippen LogP contribution in [0.5, 0.6) is 0 Å². The monoisotopic (exact) mass is 178 g/mol. The SMILES string of the molecule is Cc1cn(C)cn1.Cc1cnc[nH]1. The fourth-order valence-corrected chi connectivity index (χ4v) is 0.869. The molecule has 1 N–H and O–H groups in total. The summed E-state index contributed by atoms with van der Waals surface area (Å²) >= 11 is 0. The summed E-state index contributed by atoms with van der Waals surface area (Å²) < 4.78 is 1.93. The van der Waals surface area contributed by atoms with Gasteiger partial charge in [0, 0.05) is 25.1 Å². The van der Waals surface area contributed by atoms with E-state index in [0.29, 0.717) is 0 Å². The molecule has 70 valence electrons. The predicted molar refractivity (Wildman–Crippen MR) is 51.3 cm³/mol. The van der Waals surface area contributed by atoms with Crippen LogP contribution in [0.4, 0.5) is 0 Å². The molecular weight excluding hydrogens is 164 g/mol. The van der Waals surface area contributed by atoms with Gasteiger partial charge in [-0.1, -0.05) is 0 Å². The van der Waals surface area contributed by atoms with Crippen molar-refractivity contribution in [1.82, 2.24) is 19.5 Å². The molecule has 4 heteroatoms. The second kappa shape index (κ2) is 4.45. The first-order chi connectivity index (χ1) is 6.18. The quantitative estimate of drug-likeness (QED) is 0.663. The van der Waals surface area contributed by atoms with Gasteiger partial charge in [0.2, 0.25) is 0 Å². The predicted octanol–water partition coefficient (Wildman–Crippen LogP) is 1.45. The van der Waals surface area contributed by atoms with E-state index in [1.165, 1.54) is 0 Å². The maximum Gasteiger partial charge on any atom is 0.0946 e. The van der Waals surface area contributed by atoms with Gasteiger partial charge in [-0.25, -0.2) is 9.97 Å². The summed E-state index contributed by atoms with van der Waals surface area (Å²) in [5.74, 6) is 0. The van der Waals surface area contributed by atoms with Crippen LogP contribution in [-0.2, 0) is 7.05 Å². The first-order valence-electron chi connectivity index (χ1n) is 4.08. The standard InChI is InChI=1S/C5H8N2.C4H6N2/c1-5-3-7(2)4-6-5;1-4-2-5-3-6-4/h3-4H,1-2H3;2-3H,1H3,(H,5,6). The number of H-pyrrole nitrogens is 1. The van der Waals surface area contributed by atoms with E-state index in [0.717, 1.165) is 11.4 Å². The molecule has 0 spiro atoms. The second-order valence-electron chi connectivity index (χ2n) is 2.92. The van der Waals surface area contributed by atoms with Gasteiger partial charge in [0.15, 0.2) is 0 Å². The molecule has 0 radical (unpaired) electrons. The van der Waals surface area contributed by atoms with Crippen molar-refractivity contribution in [2.45, 2.75) is 13.8 Å². The summed E-state index contributed by atoms with van der Waals surface area (Å²) in [5.41, 5.74) is 2.18. The minimum absolute atomic E-state index is 1.07. The average molecular weight is 178 g/mol. The van der Waals surface area contributed by atoms with Gasteiger partial charge in [-0.2, -0.15) is 0 Å². The molecule has 4 nitrogen and oxygen atoms in total. The maximum absolute atomic E-state index is 3.98. The van der Waals surface area contributed by atoms with Crippen molar-refractivity contribution in [3.63, 3.8) is 0 Å². The molecular formula is C9H14N4. The number of aromatic nitrogens is 4. The fourth-order valence-electron chi connectivity index (χ4n) is 0.869. The van der Waals surface area contributed by atoms with Crippen LogP contribution in [0, 0.1) is 13.8 Å². The van der Waals surface area contributed by atoms with Crippen molar-refractivity contribution >= 4 is 0 Å². The number of hydrogen-bond donors (Lipinski definition) is 1. The Morgan fingerprint density at radius 2 is 2.15 bits per heavy atom. The molecule has 0 amide bonds. The van der Waals surface area contributed by atoms with E-state index in [2.05, 4.69) is 15.0 Å². The Kier molecular flexibility index (Phi) is 3.25. The highest BCUT2D eigenvalue weighted by Gasteiger charge is 1.81. The van der Waals surface area contributed by atoms with E-state index < -0.39 is 0 Å². The number of nitrogens with zero attached hydrogens (tertiary/aromatic N) is 3. The number of rotatable bonds is 0. The zero-order valence-corrected chi connectivity index (χ0v) is 8.15. The molecule has 0 saturated heterocycles. The number of aryl methyl sites for hydroxylation is 3. The van der Waals surface area contributed by atoms with Crippen LogP contribution in [0.25, 0.3) is 0 Å². The minimum Gasteiger partial charge on any atom is -0.349 e. The zero-order chi connectivity index (χ0) is 9.68. The third kappa shape index (κ3) is 3.55. The Balaban J connectivity index is 0.000000132. The molecule has 2 heterocycles. The van der Waals surface area contributed by atoms with Gasteiger partial charge in [0.1, 0.15) is 0 Å². The van der Waals surface area contributed by atoms with Gasteiger partial charge in [-0.15, -0.1) is 0 Å². The second-order valence-corrected chi connectivity index (χ2v) is 2.92. The lowest BCUT2D eigenvalue weighted by atomic mass is 10.6. The summed E-state index contributed by atoms with van der Waals surface area (Å²) in [5, 5.41) is 0. The molecule has 2 aromatic heterocycles. The molecule has 0 aliphatic carbocycles. The highest BCUT2D eigenvalue weighted by atomic mass is 15.0. The number of imidazole rings is 2. The van der Waals surface area contributed by atoms with Gasteiger partial charge in [-0.3, -0.25) is 0 Å². The highest BCUT2D eigenvalue weighted by molar-refractivity contribution is 4.90. The summed E-state index contributed by atoms with van der Waals surface area (Å²) in [6.07, 6.45) is 7.20. The lowest BCUT2D eigenvalue weighted by molar-refractivity contribution is 0.913. The van der Waals surface area contributed by atoms with Gasteiger partial charge >= 0.3 is 0 Å². The van der Waals surface area contributed by atoms with E-state index in [1.807, 2.05) is 31.7 Å². The summed E-state index contributed by atoms with van der Waals surface area (Å²) in [6.45, 7) is 3.94. The molecule has 0 bridgehead atoms. The van der Waals surface area contributed by atoms with Crippen LogP contribution >= 0.6 is 0 Å². The largest absolute Gasteiger partial charge is 0.349 e. The first kappa shape index (κ1) is 9.51. The van der Waals surface area contributed by atoms with E-state index in [4.69, 9.17) is 0 Å². The van der Waals surface area contributed by atoms with E-state index in [9.17, 15) is 0 Å². The zero-order valence-electron chi connectivity index (χ0n) is 8.15. The van der Waals surface area contributed by atoms with Crippen molar-refractivity contribution in [3.05, 3.63) is 36.4 Å². The highest BCUT2D eigenvalue weighted by Crippen LogP contribution is 1.86. The normalized spacial score (nSPS) is 9.15. The third-order valence-corrected chi connectivity index (χ3v) is 1.47. The van der Waals surface area contributed by atoms with Crippen molar-refractivity contribution in [2.75, 3.05) is 0 Å². The number of nitrogens with one attached hydrogen (secondary N) is 1. The van der Waals surface area contributed by atoms with Gasteiger partial charge in [0.25, 0.3) is 0 Å². The van der Waals surface area contributed by atoms with E-state index in [-0.39, 0.29) is 0 Å². The molecule has 0 aliphatic heterocycles. The minimum atomic E-state index is 1.07. The van der Waals surface area contributed by atoms with E-state index in [1.54, 1.807) is 18.9 Å². The molecule has 0 unspecified atom stereocenters. The third-order valence-electron chi connectivity index (χ3n) is 1.47. The van der Waals surface area contributed by atoms with Crippen LogP contribution in [0.1, 0.15) is 11.4 Å². The van der Waals surface area contributed by atoms with Crippen LogP contribution in [0.2, 0.25) is 0 Å². The molecule has 13 heavy (non-hydrogen) atoms. The van der Waals surface area contributed by atoms with Crippen molar-refractivity contribution in [1.29, 1.82) is 0 Å². The number of aromatic amines is 1. The van der Waals surface area contributed by atoms with E-state index >= 15 is 0 Å². The lowest BCUT2D eigenvalue weighted by Gasteiger charge is -1.78. The topological polar surface area (TPSA) is 46.5 Å². The van der Waals surface area contributed by atoms with Crippen LogP contribution in [-0.4, -0.2) is 19.5 Å². The van der Waals surface area contributed by atoms with Crippen LogP contribution < -0.4 is 0 Å². The average Bonchev–Trinajstić information content (AvgIpc) is 2.64. The molecule has 2 aromatic rings. The molecule has 0 aliphatic rings. The molecule has 2 rings (SSSR count). The molecule has 0 saturated carbocycles. The van der Waals surface area contributed by atoms with Crippen LogP contribution in [0.15, 0.2) is 25.0 Å². The van der Waals surface area contributed by atoms with Crippen molar-refractivity contribution in [3.8, 4) is 0 Å². The molecule has 0 atom stereocenters. The van der Waals surface area contributed by atoms with Crippen LogP contribution in [0.3, 0.4) is 0 Å². The van der Waals surface area contributed by atoms with Gasteiger partial charge in [-0.05, 0) is 13.8 Å². The fraction of sp³-hybridized carbons (Fsp3) is 0.333. The summed E-state index contributed by atoms with van der Waals surface area (Å²) in [4.78, 5) is 10.6. The van der Waals surface area contributed by atoms with Gasteiger partial charge < -0.3 is 9.55 Å². The Labute approximate surface area is 77.7 Å². The Bertz CT molecular complexity index is 318. The summed E-state index contributed by atoms with van der Waals surface area (Å²) in [6, 6.07) is 0. The summed E-state index contributed by atoms with van der Waals surface area (Å²) in [7, 11) is 1.96. The molecule has 0 aromatic carbocycles. The molecule has 0 fully saturated rings. The van der Waals surface area contributed by atoms with Crippen molar-refractivity contribution in [2.24, 2.45) is 7.05 Å². The Morgan fingerprint density at radius 1 is 1.38 bits per heavy atom. The maximum atomic E-state index is 3.98. The Hall–Kier alpha value is -1.58. The number of hydrogen-bond acceptors (Lipinski definition) is 2. The van der Waals surface area contributed by atoms with Crippen molar-refractivity contribution < 1.29 is 0 Å². The lowest BCUT2D eigenvalue weighted by Crippen LogP contribution is -1.76.